The number of aromatic nitrogens is 2. The summed E-state index contributed by atoms with van der Waals surface area (Å²) in [5.41, 5.74) is 3.31. The summed E-state index contributed by atoms with van der Waals surface area (Å²) < 4.78 is 3.52. The Hall–Kier alpha value is -1.08. The Morgan fingerprint density at radius 2 is 2.00 bits per heavy atom. The van der Waals surface area contributed by atoms with Crippen molar-refractivity contribution in [3.05, 3.63) is 34.2 Å². The molecule has 4 heteroatoms. The molecule has 1 heterocycles. The summed E-state index contributed by atoms with van der Waals surface area (Å²) in [5, 5.41) is 0. The van der Waals surface area contributed by atoms with Crippen molar-refractivity contribution >= 4 is 19.8 Å². The van der Waals surface area contributed by atoms with Crippen LogP contribution in [0.5, 0.6) is 0 Å². The third-order valence-corrected chi connectivity index (χ3v) is 3.31. The van der Waals surface area contributed by atoms with Gasteiger partial charge in [-0.2, -0.15) is 0 Å². The maximum Gasteiger partial charge on any atom is 0.331 e. The second-order valence-corrected chi connectivity index (χ2v) is 4.29. The molecule has 74 valence electrons. The molecule has 0 saturated carbocycles. The van der Waals surface area contributed by atoms with E-state index in [-0.39, 0.29) is 5.69 Å². The number of aryl methyl sites for hydroxylation is 2. The van der Waals surface area contributed by atoms with Gasteiger partial charge in [0.15, 0.2) is 0 Å². The van der Waals surface area contributed by atoms with Crippen LogP contribution in [0.4, 0.5) is 0 Å². The Morgan fingerprint density at radius 3 is 2.64 bits per heavy atom. The number of benzene rings is 1. The summed E-state index contributed by atoms with van der Waals surface area (Å²) >= 11 is 0. The van der Waals surface area contributed by atoms with Crippen LogP contribution < -0.4 is 5.69 Å². The smallest absolute Gasteiger partial charge is 0.295 e. The Labute approximate surface area is 84.2 Å². The van der Waals surface area contributed by atoms with E-state index in [4.69, 9.17) is 0 Å². The first-order valence-corrected chi connectivity index (χ1v) is 5.95. The molecule has 0 aliphatic carbocycles. The molecule has 1 unspecified atom stereocenters. The lowest BCUT2D eigenvalue weighted by Crippen LogP contribution is -2.17. The van der Waals surface area contributed by atoms with Gasteiger partial charge in [-0.3, -0.25) is 8.90 Å². The second-order valence-electron chi connectivity index (χ2n) is 3.39. The quantitative estimate of drug-likeness (QED) is 0.655. The van der Waals surface area contributed by atoms with E-state index in [0.717, 1.165) is 11.0 Å². The third-order valence-electron chi connectivity index (χ3n) is 2.43. The highest BCUT2D eigenvalue weighted by Gasteiger charge is 2.08. The second kappa shape index (κ2) is 3.25. The summed E-state index contributed by atoms with van der Waals surface area (Å²) in [4.78, 5) is 11.8. The van der Waals surface area contributed by atoms with Gasteiger partial charge < -0.3 is 0 Å². The molecule has 2 rings (SSSR count). The largest absolute Gasteiger partial charge is 0.331 e. The van der Waals surface area contributed by atoms with Gasteiger partial charge in [-0.25, -0.2) is 4.79 Å². The minimum atomic E-state index is 0.0754. The van der Waals surface area contributed by atoms with Crippen LogP contribution in [-0.2, 0) is 7.05 Å². The van der Waals surface area contributed by atoms with Crippen molar-refractivity contribution in [1.82, 2.24) is 8.90 Å². The molecule has 0 bridgehead atoms. The molecule has 2 aromatic rings. The topological polar surface area (TPSA) is 26.9 Å². The highest BCUT2D eigenvalue weighted by atomic mass is 31.1. The molecule has 3 nitrogen and oxygen atoms in total. The predicted molar refractivity (Wildman–Crippen MR) is 61.6 cm³/mol. The first-order chi connectivity index (χ1) is 6.65. The first kappa shape index (κ1) is 9.47. The van der Waals surface area contributed by atoms with Crippen LogP contribution in [0.25, 0.3) is 11.0 Å². The van der Waals surface area contributed by atoms with E-state index in [1.54, 1.807) is 4.57 Å². The van der Waals surface area contributed by atoms with Crippen molar-refractivity contribution in [1.29, 1.82) is 0 Å². The zero-order valence-electron chi connectivity index (χ0n) is 8.53. The van der Waals surface area contributed by atoms with E-state index < -0.39 is 0 Å². The standard InChI is InChI=1S/C10H13N2OP/c1-7-4-5-8-9(6-7)11(2)10(13)12(8)14-3/h4-6,14H,1-3H3. The van der Waals surface area contributed by atoms with Gasteiger partial charge in [-0.05, 0) is 40.0 Å². The Kier molecular flexibility index (Phi) is 2.20. The highest BCUT2D eigenvalue weighted by Crippen LogP contribution is 2.19. The number of hydrogen-bond acceptors (Lipinski definition) is 1. The summed E-state index contributed by atoms with van der Waals surface area (Å²) in [6.07, 6.45) is 0. The van der Waals surface area contributed by atoms with Gasteiger partial charge in [0.05, 0.1) is 11.0 Å². The highest BCUT2D eigenvalue weighted by molar-refractivity contribution is 7.35. The van der Waals surface area contributed by atoms with E-state index in [0.29, 0.717) is 8.73 Å². The molecule has 0 aliphatic rings. The third kappa shape index (κ3) is 1.20. The van der Waals surface area contributed by atoms with Crippen LogP contribution in [-0.4, -0.2) is 15.6 Å². The molecule has 0 N–H and O–H groups in total. The lowest BCUT2D eigenvalue weighted by Gasteiger charge is -1.97. The molecule has 1 aromatic heterocycles. The van der Waals surface area contributed by atoms with Gasteiger partial charge in [0.25, 0.3) is 0 Å². The number of rotatable bonds is 1. The minimum Gasteiger partial charge on any atom is -0.295 e. The number of hydrogen-bond donors (Lipinski definition) is 0. The molecule has 14 heavy (non-hydrogen) atoms. The molecule has 0 spiro atoms. The van der Waals surface area contributed by atoms with Gasteiger partial charge >= 0.3 is 5.69 Å². The Bertz CT molecular complexity index is 539. The van der Waals surface area contributed by atoms with Crippen LogP contribution in [0.1, 0.15) is 5.56 Å². The zero-order valence-corrected chi connectivity index (χ0v) is 9.53. The average molecular weight is 208 g/mol. The molecule has 1 aromatic carbocycles. The van der Waals surface area contributed by atoms with Gasteiger partial charge in [0.1, 0.15) is 0 Å². The van der Waals surface area contributed by atoms with Gasteiger partial charge in [0, 0.05) is 7.05 Å². The van der Waals surface area contributed by atoms with E-state index in [2.05, 4.69) is 0 Å². The number of imidazole rings is 1. The lowest BCUT2D eigenvalue weighted by atomic mass is 10.2. The molecule has 1 atom stereocenters. The summed E-state index contributed by atoms with van der Waals surface area (Å²) in [6.45, 7) is 4.05. The van der Waals surface area contributed by atoms with Crippen molar-refractivity contribution < 1.29 is 0 Å². The minimum absolute atomic E-state index is 0.0754. The van der Waals surface area contributed by atoms with Crippen molar-refractivity contribution in [3.8, 4) is 0 Å². The summed E-state index contributed by atoms with van der Waals surface area (Å²) in [6, 6.07) is 6.11. The molecule has 0 amide bonds. The van der Waals surface area contributed by atoms with Crippen LogP contribution >= 0.6 is 8.73 Å². The maximum absolute atomic E-state index is 11.8. The average Bonchev–Trinajstić information content (AvgIpc) is 2.41. The molecule has 0 aliphatic heterocycles. The zero-order chi connectivity index (χ0) is 10.3. The van der Waals surface area contributed by atoms with E-state index in [9.17, 15) is 4.79 Å². The molecular weight excluding hydrogens is 195 g/mol. The molecule has 0 saturated heterocycles. The summed E-state index contributed by atoms with van der Waals surface area (Å²) in [7, 11) is 2.30. The Balaban J connectivity index is 2.96. The van der Waals surface area contributed by atoms with Crippen LogP contribution in [0.2, 0.25) is 0 Å². The fourth-order valence-electron chi connectivity index (χ4n) is 1.66. The van der Waals surface area contributed by atoms with Gasteiger partial charge in [-0.15, -0.1) is 0 Å². The van der Waals surface area contributed by atoms with Gasteiger partial charge in [-0.1, -0.05) is 6.07 Å². The maximum atomic E-state index is 11.8. The molecule has 0 fully saturated rings. The normalized spacial score (nSPS) is 11.9. The molecular formula is C10H13N2OP. The van der Waals surface area contributed by atoms with Crippen molar-refractivity contribution in [2.75, 3.05) is 6.66 Å². The number of fused-ring (bicyclic) bond motifs is 1. The van der Waals surface area contributed by atoms with Crippen molar-refractivity contribution in [2.45, 2.75) is 6.92 Å². The van der Waals surface area contributed by atoms with Crippen molar-refractivity contribution in [3.63, 3.8) is 0 Å². The predicted octanol–water partition coefficient (Wildman–Crippen LogP) is 1.72. The Morgan fingerprint density at radius 1 is 1.29 bits per heavy atom. The van der Waals surface area contributed by atoms with E-state index in [1.807, 2.05) is 43.2 Å². The van der Waals surface area contributed by atoms with Crippen LogP contribution in [0, 0.1) is 6.92 Å². The monoisotopic (exact) mass is 208 g/mol. The first-order valence-electron chi connectivity index (χ1n) is 4.51. The summed E-state index contributed by atoms with van der Waals surface area (Å²) in [5.74, 6) is 0. The van der Waals surface area contributed by atoms with Crippen LogP contribution in [0.3, 0.4) is 0 Å². The fourth-order valence-corrected chi connectivity index (χ4v) is 2.43. The SMILES string of the molecule is CPn1c(=O)n(C)c2cc(C)ccc21. The van der Waals surface area contributed by atoms with E-state index in [1.165, 1.54) is 5.56 Å². The van der Waals surface area contributed by atoms with Gasteiger partial charge in [0.2, 0.25) is 0 Å². The van der Waals surface area contributed by atoms with Crippen LogP contribution in [0.15, 0.2) is 23.0 Å². The van der Waals surface area contributed by atoms with Crippen molar-refractivity contribution in [2.24, 2.45) is 7.05 Å². The number of nitrogens with zero attached hydrogens (tertiary/aromatic N) is 2. The molecule has 0 radical (unpaired) electrons. The lowest BCUT2D eigenvalue weighted by molar-refractivity contribution is 0.877. The van der Waals surface area contributed by atoms with E-state index >= 15 is 0 Å². The fraction of sp³-hybridized carbons (Fsp3) is 0.300.